The van der Waals surface area contributed by atoms with Crippen molar-refractivity contribution in [2.24, 2.45) is 0 Å². The van der Waals surface area contributed by atoms with E-state index in [1.165, 1.54) is 12.1 Å². The van der Waals surface area contributed by atoms with Crippen molar-refractivity contribution in [2.75, 3.05) is 13.1 Å². The van der Waals surface area contributed by atoms with Gasteiger partial charge in [-0.15, -0.1) is 0 Å². The predicted octanol–water partition coefficient (Wildman–Crippen LogP) is 2.79. The van der Waals surface area contributed by atoms with Crippen LogP contribution in [0.3, 0.4) is 0 Å². The number of benzene rings is 1. The van der Waals surface area contributed by atoms with E-state index in [2.05, 4.69) is 12.2 Å². The van der Waals surface area contributed by atoms with Gasteiger partial charge in [-0.05, 0) is 31.5 Å². The lowest BCUT2D eigenvalue weighted by Crippen LogP contribution is -2.17. The van der Waals surface area contributed by atoms with Crippen molar-refractivity contribution in [2.45, 2.75) is 19.8 Å². The van der Waals surface area contributed by atoms with Crippen LogP contribution in [0.2, 0.25) is 5.02 Å². The summed E-state index contributed by atoms with van der Waals surface area (Å²) < 4.78 is 0. The van der Waals surface area contributed by atoms with Crippen LogP contribution in [-0.2, 0) is 6.42 Å². The number of nitro groups is 1. The molecule has 16 heavy (non-hydrogen) atoms. The molecular weight excluding hydrogens is 228 g/mol. The fourth-order valence-corrected chi connectivity index (χ4v) is 1.65. The average molecular weight is 243 g/mol. The van der Waals surface area contributed by atoms with Gasteiger partial charge >= 0.3 is 0 Å². The molecule has 4 nitrogen and oxygen atoms in total. The van der Waals surface area contributed by atoms with Crippen LogP contribution in [0.25, 0.3) is 0 Å². The summed E-state index contributed by atoms with van der Waals surface area (Å²) in [7, 11) is 0. The predicted molar refractivity (Wildman–Crippen MR) is 65.0 cm³/mol. The number of hydrogen-bond acceptors (Lipinski definition) is 3. The van der Waals surface area contributed by atoms with Gasteiger partial charge in [0.15, 0.2) is 0 Å². The van der Waals surface area contributed by atoms with Gasteiger partial charge in [-0.3, -0.25) is 10.1 Å². The Morgan fingerprint density at radius 2 is 2.19 bits per heavy atom. The van der Waals surface area contributed by atoms with E-state index >= 15 is 0 Å². The Morgan fingerprint density at radius 3 is 2.75 bits per heavy atom. The summed E-state index contributed by atoms with van der Waals surface area (Å²) in [5.41, 5.74) is 0.978. The molecule has 5 heteroatoms. The van der Waals surface area contributed by atoms with Crippen molar-refractivity contribution >= 4 is 17.3 Å². The van der Waals surface area contributed by atoms with Gasteiger partial charge in [-0.1, -0.05) is 24.6 Å². The summed E-state index contributed by atoms with van der Waals surface area (Å²) in [6, 6.07) is 4.60. The minimum atomic E-state index is -0.439. The molecule has 0 atom stereocenters. The molecule has 88 valence electrons. The fourth-order valence-electron chi connectivity index (χ4n) is 1.38. The lowest BCUT2D eigenvalue weighted by atomic mass is 10.1. The Bertz CT molecular complexity index is 369. The van der Waals surface area contributed by atoms with E-state index in [9.17, 15) is 10.1 Å². The zero-order valence-electron chi connectivity index (χ0n) is 9.20. The fraction of sp³-hybridized carbons (Fsp3) is 0.455. The van der Waals surface area contributed by atoms with Gasteiger partial charge in [0.2, 0.25) is 0 Å². The number of halogens is 1. The monoisotopic (exact) mass is 242 g/mol. The number of nitrogens with zero attached hydrogens (tertiary/aromatic N) is 1. The van der Waals surface area contributed by atoms with Gasteiger partial charge < -0.3 is 5.32 Å². The molecule has 1 rings (SSSR count). The normalized spacial score (nSPS) is 10.4. The molecule has 0 aliphatic carbocycles. The van der Waals surface area contributed by atoms with Crippen LogP contribution in [0.15, 0.2) is 18.2 Å². The molecule has 0 radical (unpaired) electrons. The van der Waals surface area contributed by atoms with Gasteiger partial charge in [0.25, 0.3) is 5.69 Å². The Morgan fingerprint density at radius 1 is 1.44 bits per heavy atom. The van der Waals surface area contributed by atoms with E-state index < -0.39 is 4.92 Å². The Hall–Kier alpha value is -1.13. The Labute approximate surface area is 99.8 Å². The van der Waals surface area contributed by atoms with Crippen LogP contribution in [0, 0.1) is 10.1 Å². The quantitative estimate of drug-likeness (QED) is 0.474. The average Bonchev–Trinajstić information content (AvgIpc) is 2.26. The zero-order chi connectivity index (χ0) is 12.0. The number of nitrogens with one attached hydrogen (secondary N) is 1. The van der Waals surface area contributed by atoms with E-state index in [-0.39, 0.29) is 5.69 Å². The van der Waals surface area contributed by atoms with Crippen molar-refractivity contribution in [3.63, 3.8) is 0 Å². The molecule has 0 saturated heterocycles. The molecule has 0 fully saturated rings. The number of hydrogen-bond donors (Lipinski definition) is 1. The van der Waals surface area contributed by atoms with Gasteiger partial charge in [-0.2, -0.15) is 0 Å². The molecule has 0 unspecified atom stereocenters. The van der Waals surface area contributed by atoms with Crippen LogP contribution < -0.4 is 5.32 Å². The maximum absolute atomic E-state index is 10.5. The number of rotatable bonds is 6. The molecule has 0 aliphatic rings. The molecule has 0 aliphatic heterocycles. The molecule has 1 aromatic rings. The highest BCUT2D eigenvalue weighted by Crippen LogP contribution is 2.22. The van der Waals surface area contributed by atoms with Crippen molar-refractivity contribution in [1.82, 2.24) is 5.32 Å². The highest BCUT2D eigenvalue weighted by Gasteiger charge is 2.08. The standard InChI is InChI=1S/C11H15ClN2O2/c1-2-6-13-7-5-9-3-4-10(14(15)16)8-11(9)12/h3-4,8,13H,2,5-7H2,1H3. The molecule has 1 aromatic carbocycles. The van der Waals surface area contributed by atoms with Crippen LogP contribution in [0.1, 0.15) is 18.9 Å². The smallest absolute Gasteiger partial charge is 0.270 e. The third-order valence-electron chi connectivity index (χ3n) is 2.25. The van der Waals surface area contributed by atoms with E-state index in [1.54, 1.807) is 6.07 Å². The first-order valence-electron chi connectivity index (χ1n) is 5.28. The largest absolute Gasteiger partial charge is 0.316 e. The van der Waals surface area contributed by atoms with Gasteiger partial charge in [0.1, 0.15) is 0 Å². The molecule has 0 saturated carbocycles. The summed E-state index contributed by atoms with van der Waals surface area (Å²) in [6.45, 7) is 3.92. The summed E-state index contributed by atoms with van der Waals surface area (Å²) in [6.07, 6.45) is 1.88. The van der Waals surface area contributed by atoms with Crippen molar-refractivity contribution < 1.29 is 4.92 Å². The minimum absolute atomic E-state index is 0.0373. The van der Waals surface area contributed by atoms with E-state index in [0.717, 1.165) is 31.5 Å². The maximum atomic E-state index is 10.5. The summed E-state index contributed by atoms with van der Waals surface area (Å²) in [5.74, 6) is 0. The first kappa shape index (κ1) is 12.9. The highest BCUT2D eigenvalue weighted by atomic mass is 35.5. The summed E-state index contributed by atoms with van der Waals surface area (Å²) >= 11 is 5.95. The van der Waals surface area contributed by atoms with Gasteiger partial charge in [-0.25, -0.2) is 0 Å². The first-order chi connectivity index (χ1) is 7.65. The molecule has 0 aromatic heterocycles. The highest BCUT2D eigenvalue weighted by molar-refractivity contribution is 6.31. The van der Waals surface area contributed by atoms with Crippen LogP contribution in [0.4, 0.5) is 5.69 Å². The van der Waals surface area contributed by atoms with E-state index in [4.69, 9.17) is 11.6 Å². The summed E-state index contributed by atoms with van der Waals surface area (Å²) in [4.78, 5) is 10.1. The lowest BCUT2D eigenvalue weighted by molar-refractivity contribution is -0.384. The second-order valence-electron chi connectivity index (χ2n) is 3.53. The SMILES string of the molecule is CCCNCCc1ccc([N+](=O)[O-])cc1Cl. The third-order valence-corrected chi connectivity index (χ3v) is 2.60. The maximum Gasteiger partial charge on any atom is 0.270 e. The van der Waals surface area contributed by atoms with Crippen LogP contribution in [0.5, 0.6) is 0 Å². The van der Waals surface area contributed by atoms with Gasteiger partial charge in [0.05, 0.1) is 9.95 Å². The Balaban J connectivity index is 2.57. The molecular formula is C11H15ClN2O2. The summed E-state index contributed by atoms with van der Waals surface area (Å²) in [5, 5.41) is 14.2. The van der Waals surface area contributed by atoms with Crippen LogP contribution in [-0.4, -0.2) is 18.0 Å². The molecule has 0 amide bonds. The van der Waals surface area contributed by atoms with E-state index in [0.29, 0.717) is 5.02 Å². The molecule has 0 spiro atoms. The molecule has 0 bridgehead atoms. The molecule has 0 heterocycles. The number of non-ortho nitro benzene ring substituents is 1. The third kappa shape index (κ3) is 3.79. The van der Waals surface area contributed by atoms with E-state index in [1.807, 2.05) is 0 Å². The lowest BCUT2D eigenvalue weighted by Gasteiger charge is -2.05. The second-order valence-corrected chi connectivity index (χ2v) is 3.94. The van der Waals surface area contributed by atoms with Gasteiger partial charge in [0, 0.05) is 12.1 Å². The van der Waals surface area contributed by atoms with Crippen molar-refractivity contribution in [3.8, 4) is 0 Å². The van der Waals surface area contributed by atoms with Crippen molar-refractivity contribution in [3.05, 3.63) is 38.9 Å². The Kier molecular flexibility index (Phi) is 5.22. The minimum Gasteiger partial charge on any atom is -0.316 e. The number of nitro benzene ring substituents is 1. The zero-order valence-corrected chi connectivity index (χ0v) is 9.96. The first-order valence-corrected chi connectivity index (χ1v) is 5.66. The van der Waals surface area contributed by atoms with Crippen LogP contribution >= 0.6 is 11.6 Å². The van der Waals surface area contributed by atoms with Crippen molar-refractivity contribution in [1.29, 1.82) is 0 Å². The molecule has 1 N–H and O–H groups in total. The topological polar surface area (TPSA) is 55.2 Å². The second kappa shape index (κ2) is 6.45.